The van der Waals surface area contributed by atoms with E-state index in [0.29, 0.717) is 5.92 Å². The number of nitrogens with zero attached hydrogens (tertiary/aromatic N) is 1. The summed E-state index contributed by atoms with van der Waals surface area (Å²) in [5, 5.41) is 0. The topological polar surface area (TPSA) is 38.5 Å². The second kappa shape index (κ2) is 6.40. The third kappa shape index (κ3) is 5.21. The lowest BCUT2D eigenvalue weighted by Gasteiger charge is -2.26. The largest absolute Gasteiger partial charge is 0.496 e. The van der Waals surface area contributed by atoms with Gasteiger partial charge in [0.2, 0.25) is 0 Å². The molecule has 0 aliphatic heterocycles. The highest BCUT2D eigenvalue weighted by Gasteiger charge is 2.15. The zero-order valence-corrected chi connectivity index (χ0v) is 13.2. The van der Waals surface area contributed by atoms with E-state index in [0.717, 1.165) is 18.8 Å². The molecule has 0 fully saturated rings. The highest BCUT2D eigenvalue weighted by Crippen LogP contribution is 2.27. The van der Waals surface area contributed by atoms with Crippen LogP contribution in [0.3, 0.4) is 0 Å². The van der Waals surface area contributed by atoms with Crippen LogP contribution in [0.25, 0.3) is 0 Å². The quantitative estimate of drug-likeness (QED) is 0.858. The third-order valence-electron chi connectivity index (χ3n) is 3.05. The Labute approximate surface area is 117 Å². The monoisotopic (exact) mass is 264 g/mol. The van der Waals surface area contributed by atoms with Gasteiger partial charge in [-0.2, -0.15) is 0 Å². The van der Waals surface area contributed by atoms with Gasteiger partial charge in [0.15, 0.2) is 0 Å². The summed E-state index contributed by atoms with van der Waals surface area (Å²) in [6.07, 6.45) is 0. The van der Waals surface area contributed by atoms with Gasteiger partial charge in [0.1, 0.15) is 5.75 Å². The summed E-state index contributed by atoms with van der Waals surface area (Å²) in [7, 11) is 3.83. The zero-order chi connectivity index (χ0) is 14.6. The van der Waals surface area contributed by atoms with E-state index in [9.17, 15) is 0 Å². The molecule has 0 amide bonds. The number of benzene rings is 1. The molecule has 0 aromatic heterocycles. The molecule has 0 saturated carbocycles. The fourth-order valence-corrected chi connectivity index (χ4v) is 2.40. The van der Waals surface area contributed by atoms with Crippen LogP contribution >= 0.6 is 0 Å². The molecule has 2 N–H and O–H groups in total. The summed E-state index contributed by atoms with van der Waals surface area (Å²) >= 11 is 0. The highest BCUT2D eigenvalue weighted by molar-refractivity contribution is 5.39. The predicted octanol–water partition coefficient (Wildman–Crippen LogP) is 2.99. The molecule has 3 heteroatoms. The van der Waals surface area contributed by atoms with E-state index < -0.39 is 0 Å². The lowest BCUT2D eigenvalue weighted by atomic mass is 9.99. The Morgan fingerprint density at radius 3 is 2.42 bits per heavy atom. The van der Waals surface area contributed by atoms with Gasteiger partial charge in [-0.1, -0.05) is 26.0 Å². The van der Waals surface area contributed by atoms with Crippen LogP contribution in [0.15, 0.2) is 18.2 Å². The van der Waals surface area contributed by atoms with Crippen LogP contribution in [0.1, 0.15) is 44.7 Å². The van der Waals surface area contributed by atoms with Crippen molar-refractivity contribution >= 4 is 0 Å². The number of methoxy groups -OCH3 is 1. The first-order valence-electron chi connectivity index (χ1n) is 6.87. The van der Waals surface area contributed by atoms with Crippen molar-refractivity contribution in [3.8, 4) is 5.75 Å². The first kappa shape index (κ1) is 16.0. The van der Waals surface area contributed by atoms with Crippen LogP contribution in [0.2, 0.25) is 0 Å². The predicted molar refractivity (Wildman–Crippen MR) is 81.7 cm³/mol. The Hall–Kier alpha value is -1.06. The van der Waals surface area contributed by atoms with E-state index in [1.807, 2.05) is 0 Å². The third-order valence-corrected chi connectivity index (χ3v) is 3.05. The van der Waals surface area contributed by atoms with Crippen molar-refractivity contribution in [1.82, 2.24) is 4.90 Å². The molecule has 1 aromatic rings. The molecule has 19 heavy (non-hydrogen) atoms. The average molecular weight is 264 g/mol. The molecule has 0 saturated heterocycles. The van der Waals surface area contributed by atoms with Crippen molar-refractivity contribution in [3.05, 3.63) is 29.3 Å². The Bertz CT molecular complexity index is 408. The number of hydrogen-bond acceptors (Lipinski definition) is 3. The van der Waals surface area contributed by atoms with Gasteiger partial charge >= 0.3 is 0 Å². The van der Waals surface area contributed by atoms with E-state index in [4.69, 9.17) is 10.5 Å². The van der Waals surface area contributed by atoms with Crippen molar-refractivity contribution in [2.75, 3.05) is 20.7 Å². The molecular weight excluding hydrogens is 236 g/mol. The molecular formula is C16H28N2O. The molecule has 0 bridgehead atoms. The minimum atomic E-state index is -0.165. The van der Waals surface area contributed by atoms with Crippen LogP contribution in [0, 0.1) is 0 Å². The summed E-state index contributed by atoms with van der Waals surface area (Å²) in [6, 6.07) is 6.43. The van der Waals surface area contributed by atoms with Gasteiger partial charge in [0.25, 0.3) is 0 Å². The van der Waals surface area contributed by atoms with Crippen LogP contribution in [-0.4, -0.2) is 31.1 Å². The molecule has 0 heterocycles. The maximum atomic E-state index is 6.05. The highest BCUT2D eigenvalue weighted by atomic mass is 16.5. The van der Waals surface area contributed by atoms with Gasteiger partial charge in [-0.3, -0.25) is 0 Å². The molecule has 0 aliphatic carbocycles. The number of rotatable bonds is 6. The normalized spacial score (nSPS) is 12.3. The molecule has 1 rings (SSSR count). The number of hydrogen-bond donors (Lipinski definition) is 1. The SMILES string of the molecule is COc1ccc(CN(C)CC(C)(C)N)cc1C(C)C. The van der Waals surface area contributed by atoms with Gasteiger partial charge < -0.3 is 15.4 Å². The minimum absolute atomic E-state index is 0.165. The van der Waals surface area contributed by atoms with Gasteiger partial charge in [0.05, 0.1) is 7.11 Å². The summed E-state index contributed by atoms with van der Waals surface area (Å²) in [5.41, 5.74) is 8.45. The average Bonchev–Trinajstić information content (AvgIpc) is 2.26. The Morgan fingerprint density at radius 1 is 1.32 bits per heavy atom. The molecule has 0 unspecified atom stereocenters. The van der Waals surface area contributed by atoms with E-state index in [2.05, 4.69) is 57.8 Å². The Balaban J connectivity index is 2.82. The standard InChI is InChI=1S/C16H28N2O/c1-12(2)14-9-13(7-8-15(14)19-6)10-18(5)11-16(3,4)17/h7-9,12H,10-11,17H2,1-6H3. The van der Waals surface area contributed by atoms with Crippen molar-refractivity contribution in [1.29, 1.82) is 0 Å². The molecule has 0 spiro atoms. The smallest absolute Gasteiger partial charge is 0.122 e. The van der Waals surface area contributed by atoms with Crippen LogP contribution < -0.4 is 10.5 Å². The van der Waals surface area contributed by atoms with E-state index in [-0.39, 0.29) is 5.54 Å². The first-order valence-corrected chi connectivity index (χ1v) is 6.87. The molecule has 0 radical (unpaired) electrons. The van der Waals surface area contributed by atoms with Crippen molar-refractivity contribution in [2.45, 2.75) is 45.7 Å². The van der Waals surface area contributed by atoms with E-state index >= 15 is 0 Å². The molecule has 108 valence electrons. The van der Waals surface area contributed by atoms with Gasteiger partial charge in [-0.15, -0.1) is 0 Å². The van der Waals surface area contributed by atoms with Crippen molar-refractivity contribution in [2.24, 2.45) is 5.73 Å². The summed E-state index contributed by atoms with van der Waals surface area (Å²) in [6.45, 7) is 10.3. The minimum Gasteiger partial charge on any atom is -0.496 e. The second-order valence-corrected chi connectivity index (χ2v) is 6.39. The zero-order valence-electron chi connectivity index (χ0n) is 13.2. The van der Waals surface area contributed by atoms with Gasteiger partial charge in [-0.05, 0) is 44.0 Å². The van der Waals surface area contributed by atoms with Crippen LogP contribution in [0.5, 0.6) is 5.75 Å². The maximum absolute atomic E-state index is 6.05. The molecule has 0 atom stereocenters. The fourth-order valence-electron chi connectivity index (χ4n) is 2.40. The van der Waals surface area contributed by atoms with Crippen LogP contribution in [-0.2, 0) is 6.54 Å². The fraction of sp³-hybridized carbons (Fsp3) is 0.625. The second-order valence-electron chi connectivity index (χ2n) is 6.39. The lowest BCUT2D eigenvalue weighted by Crippen LogP contribution is -2.43. The van der Waals surface area contributed by atoms with Crippen molar-refractivity contribution in [3.63, 3.8) is 0 Å². The number of nitrogens with two attached hydrogens (primary N) is 1. The molecule has 1 aromatic carbocycles. The summed E-state index contributed by atoms with van der Waals surface area (Å²) in [5.74, 6) is 1.44. The lowest BCUT2D eigenvalue weighted by molar-refractivity contribution is 0.263. The molecule has 0 aliphatic rings. The summed E-state index contributed by atoms with van der Waals surface area (Å²) in [4.78, 5) is 2.26. The Kier molecular flexibility index (Phi) is 5.39. The summed E-state index contributed by atoms with van der Waals surface area (Å²) < 4.78 is 5.41. The van der Waals surface area contributed by atoms with E-state index in [1.54, 1.807) is 7.11 Å². The van der Waals surface area contributed by atoms with Gasteiger partial charge in [-0.25, -0.2) is 0 Å². The number of ether oxygens (including phenoxy) is 1. The van der Waals surface area contributed by atoms with Crippen LogP contribution in [0.4, 0.5) is 0 Å². The van der Waals surface area contributed by atoms with Gasteiger partial charge in [0, 0.05) is 18.6 Å². The maximum Gasteiger partial charge on any atom is 0.122 e. The number of likely N-dealkylation sites (N-methyl/N-ethyl adjacent to an activating group) is 1. The van der Waals surface area contributed by atoms with Crippen molar-refractivity contribution < 1.29 is 4.74 Å². The van der Waals surface area contributed by atoms with E-state index in [1.165, 1.54) is 11.1 Å². The molecule has 3 nitrogen and oxygen atoms in total. The Morgan fingerprint density at radius 2 is 1.95 bits per heavy atom. The first-order chi connectivity index (χ1) is 8.73.